The third-order valence-corrected chi connectivity index (χ3v) is 4.05. The minimum Gasteiger partial charge on any atom is -0.468 e. The van der Waals surface area contributed by atoms with Crippen molar-refractivity contribution < 1.29 is 8.94 Å². The molecule has 0 spiro atoms. The van der Waals surface area contributed by atoms with Crippen LogP contribution in [0.4, 0.5) is 0 Å². The average Bonchev–Trinajstić information content (AvgIpc) is 3.15. The molecule has 6 heteroatoms. The fourth-order valence-electron chi connectivity index (χ4n) is 2.18. The molecular weight excluding hydrogens is 286 g/mol. The molecule has 0 atom stereocenters. The Kier molecular flexibility index (Phi) is 4.17. The van der Waals surface area contributed by atoms with Crippen LogP contribution in [-0.4, -0.2) is 15.0 Å². The fraction of sp³-hybridized carbons (Fsp3) is 0.333. The lowest BCUT2D eigenvalue weighted by Gasteiger charge is -2.18. The number of aryl methyl sites for hydroxylation is 2. The van der Waals surface area contributed by atoms with Gasteiger partial charge in [-0.05, 0) is 38.1 Å². The number of rotatable bonds is 6. The summed E-state index contributed by atoms with van der Waals surface area (Å²) in [6.07, 6.45) is 1.69. The zero-order chi connectivity index (χ0) is 14.7. The lowest BCUT2D eigenvalue weighted by molar-refractivity contribution is 0.198. The summed E-state index contributed by atoms with van der Waals surface area (Å²) in [4.78, 5) is 9.14. The van der Waals surface area contributed by atoms with E-state index in [4.69, 9.17) is 8.94 Å². The lowest BCUT2D eigenvalue weighted by atomic mass is 10.3. The standard InChI is InChI=1S/C15H17N3O2S/c1-11-5-6-14(21-11)9-18(8-13-4-3-7-19-13)10-15-16-12(2)17-20-15/h3-7H,8-10H2,1-2H3. The summed E-state index contributed by atoms with van der Waals surface area (Å²) in [5, 5.41) is 3.84. The first kappa shape index (κ1) is 14.0. The molecule has 3 heterocycles. The van der Waals surface area contributed by atoms with E-state index in [-0.39, 0.29) is 0 Å². The van der Waals surface area contributed by atoms with Crippen LogP contribution in [-0.2, 0) is 19.6 Å². The zero-order valence-electron chi connectivity index (χ0n) is 12.1. The van der Waals surface area contributed by atoms with Crippen molar-refractivity contribution in [3.05, 3.63) is 57.8 Å². The van der Waals surface area contributed by atoms with Crippen LogP contribution in [0, 0.1) is 13.8 Å². The van der Waals surface area contributed by atoms with E-state index in [0.29, 0.717) is 24.8 Å². The second-order valence-corrected chi connectivity index (χ2v) is 6.34. The Morgan fingerprint density at radius 1 is 1.14 bits per heavy atom. The smallest absolute Gasteiger partial charge is 0.240 e. The summed E-state index contributed by atoms with van der Waals surface area (Å²) in [5.74, 6) is 2.22. The van der Waals surface area contributed by atoms with Gasteiger partial charge in [0.2, 0.25) is 5.89 Å². The van der Waals surface area contributed by atoms with Crippen molar-refractivity contribution in [3.63, 3.8) is 0 Å². The van der Waals surface area contributed by atoms with Crippen LogP contribution in [0.25, 0.3) is 0 Å². The molecule has 0 saturated carbocycles. The number of hydrogen-bond acceptors (Lipinski definition) is 6. The zero-order valence-corrected chi connectivity index (χ0v) is 12.9. The molecule has 3 aromatic heterocycles. The maximum Gasteiger partial charge on any atom is 0.240 e. The molecule has 0 aromatic carbocycles. The molecule has 0 fully saturated rings. The van der Waals surface area contributed by atoms with Crippen LogP contribution in [0.3, 0.4) is 0 Å². The van der Waals surface area contributed by atoms with Gasteiger partial charge in [-0.2, -0.15) is 4.98 Å². The first-order valence-corrected chi connectivity index (χ1v) is 7.60. The third kappa shape index (κ3) is 3.80. The summed E-state index contributed by atoms with van der Waals surface area (Å²) < 4.78 is 10.7. The monoisotopic (exact) mass is 303 g/mol. The van der Waals surface area contributed by atoms with Crippen LogP contribution in [0.5, 0.6) is 0 Å². The fourth-order valence-corrected chi connectivity index (χ4v) is 3.11. The van der Waals surface area contributed by atoms with Gasteiger partial charge in [0.1, 0.15) is 5.76 Å². The number of thiophene rings is 1. The Balaban J connectivity index is 1.73. The summed E-state index contributed by atoms with van der Waals surface area (Å²) in [5.41, 5.74) is 0. The summed E-state index contributed by atoms with van der Waals surface area (Å²) in [6, 6.07) is 8.18. The topological polar surface area (TPSA) is 55.3 Å². The molecule has 0 bridgehead atoms. The maximum absolute atomic E-state index is 5.44. The van der Waals surface area contributed by atoms with Crippen LogP contribution in [0.15, 0.2) is 39.5 Å². The van der Waals surface area contributed by atoms with Crippen LogP contribution < -0.4 is 0 Å². The van der Waals surface area contributed by atoms with Crippen LogP contribution >= 0.6 is 11.3 Å². The normalized spacial score (nSPS) is 11.4. The van der Waals surface area contributed by atoms with E-state index in [1.165, 1.54) is 9.75 Å². The van der Waals surface area contributed by atoms with E-state index < -0.39 is 0 Å². The molecule has 0 amide bonds. The summed E-state index contributed by atoms with van der Waals surface area (Å²) >= 11 is 1.81. The van der Waals surface area contributed by atoms with Gasteiger partial charge in [-0.1, -0.05) is 5.16 Å². The molecule has 110 valence electrons. The molecule has 0 unspecified atom stereocenters. The van der Waals surface area contributed by atoms with Crippen molar-refractivity contribution >= 4 is 11.3 Å². The van der Waals surface area contributed by atoms with Gasteiger partial charge in [0.15, 0.2) is 5.82 Å². The van der Waals surface area contributed by atoms with Gasteiger partial charge in [0, 0.05) is 16.3 Å². The molecule has 0 aliphatic carbocycles. The molecule has 0 saturated heterocycles. The second-order valence-electron chi connectivity index (χ2n) is 4.97. The van der Waals surface area contributed by atoms with Crippen molar-refractivity contribution in [1.82, 2.24) is 15.0 Å². The van der Waals surface area contributed by atoms with E-state index >= 15 is 0 Å². The second kappa shape index (κ2) is 6.24. The number of furan rings is 1. The molecule has 21 heavy (non-hydrogen) atoms. The van der Waals surface area contributed by atoms with E-state index in [0.717, 1.165) is 12.3 Å². The van der Waals surface area contributed by atoms with E-state index in [1.807, 2.05) is 19.1 Å². The molecule has 0 N–H and O–H groups in total. The Morgan fingerprint density at radius 3 is 2.67 bits per heavy atom. The van der Waals surface area contributed by atoms with Crippen molar-refractivity contribution in [2.24, 2.45) is 0 Å². The van der Waals surface area contributed by atoms with E-state index in [9.17, 15) is 0 Å². The first-order chi connectivity index (χ1) is 10.2. The first-order valence-electron chi connectivity index (χ1n) is 6.78. The quantitative estimate of drug-likeness (QED) is 0.697. The minimum absolute atomic E-state index is 0.610. The average molecular weight is 303 g/mol. The highest BCUT2D eigenvalue weighted by atomic mass is 32.1. The number of hydrogen-bond donors (Lipinski definition) is 0. The maximum atomic E-state index is 5.44. The van der Waals surface area contributed by atoms with Crippen molar-refractivity contribution in [3.8, 4) is 0 Å². The summed E-state index contributed by atoms with van der Waals surface area (Å²) in [6.45, 7) is 6.10. The van der Waals surface area contributed by atoms with Gasteiger partial charge in [0.25, 0.3) is 0 Å². The van der Waals surface area contributed by atoms with E-state index in [1.54, 1.807) is 17.6 Å². The lowest BCUT2D eigenvalue weighted by Crippen LogP contribution is -2.21. The van der Waals surface area contributed by atoms with Gasteiger partial charge >= 0.3 is 0 Å². The number of aromatic nitrogens is 2. The predicted octanol–water partition coefficient (Wildman–Crippen LogP) is 3.54. The van der Waals surface area contributed by atoms with Gasteiger partial charge < -0.3 is 8.94 Å². The Hall–Kier alpha value is -1.92. The predicted molar refractivity (Wildman–Crippen MR) is 79.8 cm³/mol. The largest absolute Gasteiger partial charge is 0.468 e. The Bertz CT molecular complexity index is 645. The molecule has 3 aromatic rings. The SMILES string of the molecule is Cc1noc(CN(Cc2ccco2)Cc2ccc(C)s2)n1. The highest BCUT2D eigenvalue weighted by Gasteiger charge is 2.14. The molecular formula is C15H17N3O2S. The van der Waals surface area contributed by atoms with Gasteiger partial charge in [-0.3, -0.25) is 4.90 Å². The van der Waals surface area contributed by atoms with Gasteiger partial charge in [0.05, 0.1) is 19.4 Å². The highest BCUT2D eigenvalue weighted by Crippen LogP contribution is 2.20. The van der Waals surface area contributed by atoms with Crippen LogP contribution in [0.2, 0.25) is 0 Å². The Morgan fingerprint density at radius 2 is 2.05 bits per heavy atom. The molecule has 0 aliphatic rings. The van der Waals surface area contributed by atoms with E-state index in [2.05, 4.69) is 34.1 Å². The van der Waals surface area contributed by atoms with Crippen molar-refractivity contribution in [1.29, 1.82) is 0 Å². The number of nitrogens with zero attached hydrogens (tertiary/aromatic N) is 3. The molecule has 5 nitrogen and oxygen atoms in total. The molecule has 3 rings (SSSR count). The van der Waals surface area contributed by atoms with Crippen molar-refractivity contribution in [2.75, 3.05) is 0 Å². The van der Waals surface area contributed by atoms with Gasteiger partial charge in [-0.25, -0.2) is 0 Å². The van der Waals surface area contributed by atoms with Gasteiger partial charge in [-0.15, -0.1) is 11.3 Å². The molecule has 0 radical (unpaired) electrons. The Labute approximate surface area is 127 Å². The molecule has 0 aliphatic heterocycles. The minimum atomic E-state index is 0.610. The third-order valence-electron chi connectivity index (χ3n) is 3.06. The summed E-state index contributed by atoms with van der Waals surface area (Å²) in [7, 11) is 0. The van der Waals surface area contributed by atoms with Crippen LogP contribution in [0.1, 0.15) is 27.2 Å². The van der Waals surface area contributed by atoms with Crippen molar-refractivity contribution in [2.45, 2.75) is 33.5 Å². The highest BCUT2D eigenvalue weighted by molar-refractivity contribution is 7.11.